The Kier molecular flexibility index (Phi) is 4.99. The summed E-state index contributed by atoms with van der Waals surface area (Å²) in [4.78, 5) is 0. The molecule has 1 aromatic carbocycles. The van der Waals surface area contributed by atoms with Crippen LogP contribution in [0, 0.1) is 11.3 Å². The predicted molar refractivity (Wildman–Crippen MR) is 71.2 cm³/mol. The van der Waals surface area contributed by atoms with Crippen LogP contribution in [0.3, 0.4) is 0 Å². The summed E-state index contributed by atoms with van der Waals surface area (Å²) >= 11 is 0. The van der Waals surface area contributed by atoms with Gasteiger partial charge in [0, 0.05) is 0 Å². The van der Waals surface area contributed by atoms with Gasteiger partial charge >= 0.3 is 0 Å². The summed E-state index contributed by atoms with van der Waals surface area (Å²) in [5, 5.41) is 17.7. The van der Waals surface area contributed by atoms with Crippen LogP contribution < -0.4 is 9.96 Å². The molecule has 0 aliphatic carbocycles. The molecule has 1 aromatic rings. The highest BCUT2D eigenvalue weighted by atomic mass is 16.8. The molecule has 0 saturated heterocycles. The molecule has 0 aromatic heterocycles. The summed E-state index contributed by atoms with van der Waals surface area (Å²) in [7, 11) is 0. The minimum atomic E-state index is 0.0893. The lowest BCUT2D eigenvalue weighted by Crippen LogP contribution is -2.16. The molecule has 0 heterocycles. The van der Waals surface area contributed by atoms with E-state index in [1.165, 1.54) is 0 Å². The van der Waals surface area contributed by atoms with Crippen molar-refractivity contribution in [2.24, 2.45) is 11.3 Å². The molecule has 1 rings (SSSR count). The van der Waals surface area contributed by atoms with Gasteiger partial charge in [0.2, 0.25) is 0 Å². The van der Waals surface area contributed by atoms with Gasteiger partial charge in [0.15, 0.2) is 0 Å². The summed E-state index contributed by atoms with van der Waals surface area (Å²) in [6.07, 6.45) is 1.10. The van der Waals surface area contributed by atoms with E-state index in [1.54, 1.807) is 24.3 Å². The molecule has 0 fully saturated rings. The Hall–Kier alpha value is -1.26. The van der Waals surface area contributed by atoms with Gasteiger partial charge in [0.25, 0.3) is 0 Å². The fourth-order valence-electron chi connectivity index (χ4n) is 2.02. The van der Waals surface area contributed by atoms with Crippen LogP contribution in [0.25, 0.3) is 0 Å². The van der Waals surface area contributed by atoms with E-state index in [9.17, 15) is 0 Å². The molecule has 0 unspecified atom stereocenters. The van der Waals surface area contributed by atoms with Gasteiger partial charge in [-0.2, -0.15) is 0 Å². The van der Waals surface area contributed by atoms with Gasteiger partial charge in [-0.3, -0.25) is 10.4 Å². The normalized spacial score (nSPS) is 13.2. The van der Waals surface area contributed by atoms with E-state index in [4.69, 9.17) is 15.2 Å². The Morgan fingerprint density at radius 2 is 1.72 bits per heavy atom. The molecule has 0 aliphatic rings. The van der Waals surface area contributed by atoms with E-state index < -0.39 is 0 Å². The highest BCUT2D eigenvalue weighted by molar-refractivity contribution is 5.44. The van der Waals surface area contributed by atoms with Crippen LogP contribution in [-0.4, -0.2) is 17.0 Å². The van der Waals surface area contributed by atoms with E-state index in [0.717, 1.165) is 12.2 Å². The molecule has 2 N–H and O–H groups in total. The molecule has 0 aliphatic heterocycles. The monoisotopic (exact) mass is 253 g/mol. The Morgan fingerprint density at radius 3 is 2.17 bits per heavy atom. The topological polar surface area (TPSA) is 52.9 Å². The summed E-state index contributed by atoms with van der Waals surface area (Å²) in [5.41, 5.74) is 0.617. The highest BCUT2D eigenvalue weighted by Crippen LogP contribution is 2.25. The fourth-order valence-corrected chi connectivity index (χ4v) is 2.02. The maximum atomic E-state index is 8.81. The zero-order valence-electron chi connectivity index (χ0n) is 11.6. The quantitative estimate of drug-likeness (QED) is 0.785. The van der Waals surface area contributed by atoms with Crippen molar-refractivity contribution in [3.8, 4) is 5.75 Å². The van der Waals surface area contributed by atoms with E-state index in [0.29, 0.717) is 23.6 Å². The van der Waals surface area contributed by atoms with E-state index in [-0.39, 0.29) is 5.23 Å². The van der Waals surface area contributed by atoms with Crippen LogP contribution in [0.15, 0.2) is 24.3 Å². The number of rotatable bonds is 5. The molecule has 102 valence electrons. The third kappa shape index (κ3) is 5.38. The number of benzene rings is 1. The molecule has 4 heteroatoms. The van der Waals surface area contributed by atoms with Gasteiger partial charge in [0.05, 0.1) is 12.3 Å². The van der Waals surface area contributed by atoms with Crippen molar-refractivity contribution in [2.75, 3.05) is 11.8 Å². The summed E-state index contributed by atoms with van der Waals surface area (Å²) in [6.45, 7) is 9.49. The van der Waals surface area contributed by atoms with E-state index in [1.807, 2.05) is 0 Å². The van der Waals surface area contributed by atoms with Crippen molar-refractivity contribution in [3.05, 3.63) is 24.3 Å². The van der Waals surface area contributed by atoms with Gasteiger partial charge in [-0.05, 0) is 42.0 Å². The second-order valence-corrected chi connectivity index (χ2v) is 5.96. The molecule has 0 saturated carbocycles. The lowest BCUT2D eigenvalue weighted by Gasteiger charge is -2.23. The van der Waals surface area contributed by atoms with Gasteiger partial charge in [0.1, 0.15) is 5.75 Å². The average molecular weight is 253 g/mol. The lowest BCUT2D eigenvalue weighted by atomic mass is 9.86. The standard InChI is InChI=1S/C14H23NO3/c1-11(9-14(2,3)4)10-18-13-7-5-12(6-8-13)15(16)17/h5-8,11,16-17H,9-10H2,1-4H3/t11-/m0/s1. The van der Waals surface area contributed by atoms with Crippen molar-refractivity contribution < 1.29 is 15.2 Å². The fraction of sp³-hybridized carbons (Fsp3) is 0.571. The van der Waals surface area contributed by atoms with Crippen LogP contribution in [0.2, 0.25) is 0 Å². The number of nitrogens with zero attached hydrogens (tertiary/aromatic N) is 1. The van der Waals surface area contributed by atoms with Gasteiger partial charge in [-0.1, -0.05) is 27.7 Å². The first-order valence-corrected chi connectivity index (χ1v) is 6.19. The third-order valence-electron chi connectivity index (χ3n) is 2.56. The summed E-state index contributed by atoms with van der Waals surface area (Å²) in [6, 6.07) is 6.62. The Bertz CT molecular complexity index is 354. The largest absolute Gasteiger partial charge is 0.493 e. The average Bonchev–Trinajstić information content (AvgIpc) is 2.24. The van der Waals surface area contributed by atoms with Gasteiger partial charge < -0.3 is 4.74 Å². The van der Waals surface area contributed by atoms with Crippen LogP contribution in [0.4, 0.5) is 5.69 Å². The van der Waals surface area contributed by atoms with E-state index in [2.05, 4.69) is 27.7 Å². The molecule has 0 spiro atoms. The first-order valence-electron chi connectivity index (χ1n) is 6.19. The minimum absolute atomic E-state index is 0.0893. The molecule has 1 atom stereocenters. The van der Waals surface area contributed by atoms with Gasteiger partial charge in [-0.15, -0.1) is 5.23 Å². The summed E-state index contributed by atoms with van der Waals surface area (Å²) < 4.78 is 5.67. The number of hydrogen-bond acceptors (Lipinski definition) is 4. The van der Waals surface area contributed by atoms with Crippen LogP contribution >= 0.6 is 0 Å². The number of anilines is 1. The zero-order valence-corrected chi connectivity index (χ0v) is 11.6. The third-order valence-corrected chi connectivity index (χ3v) is 2.56. The molecule has 18 heavy (non-hydrogen) atoms. The first kappa shape index (κ1) is 14.8. The van der Waals surface area contributed by atoms with Crippen molar-refractivity contribution in [1.29, 1.82) is 0 Å². The van der Waals surface area contributed by atoms with E-state index >= 15 is 0 Å². The Balaban J connectivity index is 2.44. The molecular weight excluding hydrogens is 230 g/mol. The maximum absolute atomic E-state index is 8.81. The van der Waals surface area contributed by atoms with Gasteiger partial charge in [-0.25, -0.2) is 0 Å². The smallest absolute Gasteiger partial charge is 0.119 e. The zero-order chi connectivity index (χ0) is 13.8. The first-order chi connectivity index (χ1) is 8.28. The molecule has 4 nitrogen and oxygen atoms in total. The number of hydrogen-bond donors (Lipinski definition) is 2. The highest BCUT2D eigenvalue weighted by Gasteiger charge is 2.15. The predicted octanol–water partition coefficient (Wildman–Crippen LogP) is 3.72. The maximum Gasteiger partial charge on any atom is 0.119 e. The van der Waals surface area contributed by atoms with Crippen molar-refractivity contribution in [3.63, 3.8) is 0 Å². The van der Waals surface area contributed by atoms with Crippen molar-refractivity contribution in [2.45, 2.75) is 34.1 Å². The summed E-state index contributed by atoms with van der Waals surface area (Å²) in [5.74, 6) is 1.22. The second kappa shape index (κ2) is 6.07. The minimum Gasteiger partial charge on any atom is -0.493 e. The lowest BCUT2D eigenvalue weighted by molar-refractivity contribution is 0.0291. The molecule has 0 radical (unpaired) electrons. The van der Waals surface area contributed by atoms with Crippen LogP contribution in [0.1, 0.15) is 34.1 Å². The van der Waals surface area contributed by atoms with Crippen molar-refractivity contribution in [1.82, 2.24) is 0 Å². The Morgan fingerprint density at radius 1 is 1.17 bits per heavy atom. The number of ether oxygens (including phenoxy) is 1. The second-order valence-electron chi connectivity index (χ2n) is 5.96. The molecule has 0 amide bonds. The SMILES string of the molecule is C[C@H](COc1ccc(N(O)O)cc1)CC(C)(C)C. The molecular formula is C14H23NO3. The molecule has 0 bridgehead atoms. The van der Waals surface area contributed by atoms with Crippen LogP contribution in [-0.2, 0) is 0 Å². The van der Waals surface area contributed by atoms with Crippen LogP contribution in [0.5, 0.6) is 5.75 Å². The van der Waals surface area contributed by atoms with Crippen molar-refractivity contribution >= 4 is 5.69 Å². The Labute approximate surface area is 109 Å².